The summed E-state index contributed by atoms with van der Waals surface area (Å²) in [5, 5.41) is 0. The number of ether oxygens (including phenoxy) is 1. The molecule has 0 spiro atoms. The highest BCUT2D eigenvalue weighted by atomic mass is 16.5. The van der Waals surface area contributed by atoms with Crippen LogP contribution in [0.5, 0.6) is 5.75 Å². The minimum Gasteiger partial charge on any atom is -0.497 e. The van der Waals surface area contributed by atoms with Crippen molar-refractivity contribution in [3.05, 3.63) is 64.8 Å². The number of ketones is 1. The van der Waals surface area contributed by atoms with Gasteiger partial charge in [-0.15, -0.1) is 0 Å². The first-order valence-electron chi connectivity index (χ1n) is 9.84. The number of nitrogens with zero attached hydrogens (tertiary/aromatic N) is 5. The standard InChI is InChI=1S/C22H23N5O3/c1-26-20(28)12-19(18-9-10-23-14-24-18)25-22(26)27-11-3-4-16(13-27)21(29)15-5-7-17(30-2)8-6-15/h5-10,12,14,16H,3-4,11,13H2,1-2H3. The van der Waals surface area contributed by atoms with E-state index in [2.05, 4.69) is 15.0 Å². The maximum atomic E-state index is 13.0. The van der Waals surface area contributed by atoms with Crippen LogP contribution in [-0.4, -0.2) is 45.5 Å². The van der Waals surface area contributed by atoms with Gasteiger partial charge in [0.25, 0.3) is 5.56 Å². The molecule has 0 saturated carbocycles. The monoisotopic (exact) mass is 405 g/mol. The van der Waals surface area contributed by atoms with Gasteiger partial charge in [0.2, 0.25) is 5.95 Å². The van der Waals surface area contributed by atoms with Crippen LogP contribution in [0.4, 0.5) is 5.95 Å². The highest BCUT2D eigenvalue weighted by Gasteiger charge is 2.28. The summed E-state index contributed by atoms with van der Waals surface area (Å²) in [6.07, 6.45) is 4.70. The molecule has 0 bridgehead atoms. The highest BCUT2D eigenvalue weighted by Crippen LogP contribution is 2.26. The van der Waals surface area contributed by atoms with Crippen molar-refractivity contribution in [2.24, 2.45) is 13.0 Å². The Balaban J connectivity index is 1.60. The van der Waals surface area contributed by atoms with E-state index in [1.165, 1.54) is 17.0 Å². The lowest BCUT2D eigenvalue weighted by Crippen LogP contribution is -2.41. The quantitative estimate of drug-likeness (QED) is 0.602. The fourth-order valence-electron chi connectivity index (χ4n) is 3.75. The molecule has 8 heteroatoms. The second-order valence-electron chi connectivity index (χ2n) is 7.31. The molecule has 2 aromatic heterocycles. The zero-order chi connectivity index (χ0) is 21.1. The number of Topliss-reactive ketones (excluding diaryl/α,β-unsaturated/α-hetero) is 1. The van der Waals surface area contributed by atoms with Crippen LogP contribution in [0.25, 0.3) is 11.4 Å². The molecule has 1 fully saturated rings. The molecule has 154 valence electrons. The molecule has 8 nitrogen and oxygen atoms in total. The maximum absolute atomic E-state index is 13.0. The van der Waals surface area contributed by atoms with Crippen molar-refractivity contribution in [1.29, 1.82) is 0 Å². The van der Waals surface area contributed by atoms with Gasteiger partial charge in [-0.1, -0.05) is 0 Å². The maximum Gasteiger partial charge on any atom is 0.255 e. The number of carbonyl (C=O) groups excluding carboxylic acids is 1. The third-order valence-electron chi connectivity index (χ3n) is 5.41. The van der Waals surface area contributed by atoms with Gasteiger partial charge < -0.3 is 9.64 Å². The van der Waals surface area contributed by atoms with Gasteiger partial charge in [0.05, 0.1) is 18.5 Å². The second-order valence-corrected chi connectivity index (χ2v) is 7.31. The number of piperidine rings is 1. The van der Waals surface area contributed by atoms with Crippen molar-refractivity contribution in [1.82, 2.24) is 19.5 Å². The molecule has 30 heavy (non-hydrogen) atoms. The molecule has 0 N–H and O–H groups in total. The Morgan fingerprint density at radius 3 is 2.67 bits per heavy atom. The Hall–Kier alpha value is -3.55. The van der Waals surface area contributed by atoms with E-state index in [1.807, 2.05) is 4.90 Å². The van der Waals surface area contributed by atoms with Crippen molar-refractivity contribution in [3.8, 4) is 17.1 Å². The third-order valence-corrected chi connectivity index (χ3v) is 5.41. The van der Waals surface area contributed by atoms with Gasteiger partial charge in [-0.2, -0.15) is 0 Å². The molecule has 4 rings (SSSR count). The van der Waals surface area contributed by atoms with Crippen LogP contribution in [-0.2, 0) is 7.05 Å². The Bertz CT molecular complexity index is 1100. The number of benzene rings is 1. The molecule has 1 aliphatic heterocycles. The summed E-state index contributed by atoms with van der Waals surface area (Å²) in [4.78, 5) is 40.4. The second kappa shape index (κ2) is 8.44. The van der Waals surface area contributed by atoms with E-state index >= 15 is 0 Å². The van der Waals surface area contributed by atoms with Gasteiger partial charge in [-0.05, 0) is 43.2 Å². The van der Waals surface area contributed by atoms with Gasteiger partial charge >= 0.3 is 0 Å². The number of aromatic nitrogens is 4. The van der Waals surface area contributed by atoms with Crippen LogP contribution >= 0.6 is 0 Å². The average Bonchev–Trinajstić information content (AvgIpc) is 2.81. The number of carbonyl (C=O) groups is 1. The molecule has 0 aliphatic carbocycles. The number of hydrogen-bond donors (Lipinski definition) is 0. The van der Waals surface area contributed by atoms with Gasteiger partial charge in [0.15, 0.2) is 5.78 Å². The molecule has 1 atom stereocenters. The Labute approximate surface area is 174 Å². The molecular formula is C22H23N5O3. The average molecular weight is 405 g/mol. The summed E-state index contributed by atoms with van der Waals surface area (Å²) in [6, 6.07) is 10.4. The number of hydrogen-bond acceptors (Lipinski definition) is 7. The highest BCUT2D eigenvalue weighted by molar-refractivity contribution is 5.98. The largest absolute Gasteiger partial charge is 0.497 e. The van der Waals surface area contributed by atoms with Crippen LogP contribution in [0.1, 0.15) is 23.2 Å². The first-order valence-corrected chi connectivity index (χ1v) is 9.84. The molecule has 0 amide bonds. The van der Waals surface area contributed by atoms with Crippen molar-refractivity contribution in [2.75, 3.05) is 25.1 Å². The molecule has 1 aromatic carbocycles. The Morgan fingerprint density at radius 1 is 1.17 bits per heavy atom. The SMILES string of the molecule is COc1ccc(C(=O)C2CCCN(c3nc(-c4ccncn4)cc(=O)n3C)C2)cc1. The van der Waals surface area contributed by atoms with Crippen molar-refractivity contribution < 1.29 is 9.53 Å². The lowest BCUT2D eigenvalue weighted by atomic mass is 9.90. The summed E-state index contributed by atoms with van der Waals surface area (Å²) < 4.78 is 6.69. The van der Waals surface area contributed by atoms with Gasteiger partial charge in [0, 0.05) is 43.9 Å². The van der Waals surface area contributed by atoms with Gasteiger partial charge in [-0.3, -0.25) is 14.2 Å². The molecule has 3 heterocycles. The van der Waals surface area contributed by atoms with E-state index in [4.69, 9.17) is 4.74 Å². The first kappa shape index (κ1) is 19.8. The first-order chi connectivity index (χ1) is 14.6. The molecule has 1 unspecified atom stereocenters. The fourth-order valence-corrected chi connectivity index (χ4v) is 3.75. The predicted octanol–water partition coefficient (Wildman–Crippen LogP) is 2.35. The molecule has 1 saturated heterocycles. The van der Waals surface area contributed by atoms with E-state index in [-0.39, 0.29) is 17.3 Å². The van der Waals surface area contributed by atoms with Crippen LogP contribution in [0, 0.1) is 5.92 Å². The fraction of sp³-hybridized carbons (Fsp3) is 0.318. The Morgan fingerprint density at radius 2 is 1.97 bits per heavy atom. The molecule has 3 aromatic rings. The van der Waals surface area contributed by atoms with Gasteiger partial charge in [0.1, 0.15) is 12.1 Å². The topological polar surface area (TPSA) is 90.2 Å². The Kier molecular flexibility index (Phi) is 5.56. The van der Waals surface area contributed by atoms with Crippen LogP contribution < -0.4 is 15.2 Å². The molecule has 1 aliphatic rings. The summed E-state index contributed by atoms with van der Waals surface area (Å²) in [7, 11) is 3.30. The summed E-state index contributed by atoms with van der Waals surface area (Å²) in [5.74, 6) is 1.20. The number of rotatable bonds is 5. The van der Waals surface area contributed by atoms with E-state index in [0.717, 1.165) is 25.1 Å². The van der Waals surface area contributed by atoms with E-state index in [0.29, 0.717) is 29.4 Å². The van der Waals surface area contributed by atoms with E-state index < -0.39 is 0 Å². The zero-order valence-electron chi connectivity index (χ0n) is 17.0. The minimum absolute atomic E-state index is 0.0966. The van der Waals surface area contributed by atoms with Crippen molar-refractivity contribution >= 4 is 11.7 Å². The van der Waals surface area contributed by atoms with Crippen LogP contribution in [0.2, 0.25) is 0 Å². The smallest absolute Gasteiger partial charge is 0.255 e. The number of anilines is 1. The van der Waals surface area contributed by atoms with E-state index in [9.17, 15) is 9.59 Å². The summed E-state index contributed by atoms with van der Waals surface area (Å²) in [5.41, 5.74) is 1.59. The zero-order valence-corrected chi connectivity index (χ0v) is 17.0. The molecular weight excluding hydrogens is 382 g/mol. The van der Waals surface area contributed by atoms with Crippen molar-refractivity contribution in [3.63, 3.8) is 0 Å². The van der Waals surface area contributed by atoms with Crippen LogP contribution in [0.3, 0.4) is 0 Å². The lowest BCUT2D eigenvalue weighted by molar-refractivity contribution is 0.0906. The van der Waals surface area contributed by atoms with E-state index in [1.54, 1.807) is 50.7 Å². The number of methoxy groups -OCH3 is 1. The van der Waals surface area contributed by atoms with Crippen molar-refractivity contribution in [2.45, 2.75) is 12.8 Å². The minimum atomic E-state index is -0.169. The third kappa shape index (κ3) is 3.94. The van der Waals surface area contributed by atoms with Gasteiger partial charge in [-0.25, -0.2) is 15.0 Å². The van der Waals surface area contributed by atoms with Crippen LogP contribution in [0.15, 0.2) is 53.7 Å². The summed E-state index contributed by atoms with van der Waals surface area (Å²) >= 11 is 0. The molecule has 0 radical (unpaired) electrons. The normalized spacial score (nSPS) is 16.3. The summed E-state index contributed by atoms with van der Waals surface area (Å²) in [6.45, 7) is 1.25. The lowest BCUT2D eigenvalue weighted by Gasteiger charge is -2.33. The predicted molar refractivity (Wildman–Crippen MR) is 113 cm³/mol.